The quantitative estimate of drug-likeness (QED) is 0.872. The molecule has 0 spiro atoms. The van der Waals surface area contributed by atoms with E-state index in [1.54, 1.807) is 17.0 Å². The Morgan fingerprint density at radius 1 is 1.38 bits per heavy atom. The summed E-state index contributed by atoms with van der Waals surface area (Å²) in [5.74, 6) is 1.60. The highest BCUT2D eigenvalue weighted by molar-refractivity contribution is 5.30. The summed E-state index contributed by atoms with van der Waals surface area (Å²) in [4.78, 5) is 19.0. The zero-order chi connectivity index (χ0) is 15.2. The summed E-state index contributed by atoms with van der Waals surface area (Å²) < 4.78 is 1.75. The standard InChI is InChI=1S/C16H28N4O/c1-4-19-8-5-14(6-9-19)11-18-15-16(21)20(10-7-17-15)12-13(2)3/h7,10,13-14H,4-6,8-9,11-12H2,1-3H3,(H,17,18). The fourth-order valence-electron chi connectivity index (χ4n) is 2.85. The molecule has 5 heteroatoms. The van der Waals surface area contributed by atoms with Gasteiger partial charge in [-0.25, -0.2) is 4.98 Å². The molecule has 0 amide bonds. The molecule has 0 aliphatic carbocycles. The molecule has 5 nitrogen and oxygen atoms in total. The zero-order valence-electron chi connectivity index (χ0n) is 13.5. The van der Waals surface area contributed by atoms with Gasteiger partial charge in [-0.15, -0.1) is 0 Å². The lowest BCUT2D eigenvalue weighted by molar-refractivity contribution is 0.198. The first kappa shape index (κ1) is 16.0. The first-order valence-electron chi connectivity index (χ1n) is 8.11. The van der Waals surface area contributed by atoms with Crippen LogP contribution in [0.1, 0.15) is 33.6 Å². The molecule has 118 valence electrons. The van der Waals surface area contributed by atoms with Crippen LogP contribution in [0.2, 0.25) is 0 Å². The number of aromatic nitrogens is 2. The molecule has 0 atom stereocenters. The minimum atomic E-state index is -0.00260. The molecule has 2 heterocycles. The van der Waals surface area contributed by atoms with Crippen LogP contribution in [-0.2, 0) is 6.54 Å². The van der Waals surface area contributed by atoms with Gasteiger partial charge in [-0.3, -0.25) is 4.79 Å². The predicted octanol–water partition coefficient (Wildman–Crippen LogP) is 2.04. The van der Waals surface area contributed by atoms with Crippen LogP contribution < -0.4 is 10.9 Å². The van der Waals surface area contributed by atoms with Gasteiger partial charge >= 0.3 is 0 Å². The highest BCUT2D eigenvalue weighted by Gasteiger charge is 2.18. The Morgan fingerprint density at radius 3 is 2.71 bits per heavy atom. The number of hydrogen-bond acceptors (Lipinski definition) is 4. The summed E-state index contributed by atoms with van der Waals surface area (Å²) in [6, 6.07) is 0. The van der Waals surface area contributed by atoms with Crippen molar-refractivity contribution in [2.75, 3.05) is 31.5 Å². The number of rotatable bonds is 6. The van der Waals surface area contributed by atoms with Crippen molar-refractivity contribution in [3.05, 3.63) is 22.7 Å². The van der Waals surface area contributed by atoms with Gasteiger partial charge in [0.15, 0.2) is 5.82 Å². The van der Waals surface area contributed by atoms with E-state index in [2.05, 4.69) is 36.0 Å². The Morgan fingerprint density at radius 2 is 2.10 bits per heavy atom. The highest BCUT2D eigenvalue weighted by Crippen LogP contribution is 2.16. The molecule has 1 aromatic heterocycles. The third-order valence-electron chi connectivity index (χ3n) is 4.19. The van der Waals surface area contributed by atoms with Crippen LogP contribution in [0.3, 0.4) is 0 Å². The molecular formula is C16H28N4O. The fourth-order valence-corrected chi connectivity index (χ4v) is 2.85. The van der Waals surface area contributed by atoms with E-state index in [0.717, 1.165) is 19.6 Å². The maximum absolute atomic E-state index is 12.3. The van der Waals surface area contributed by atoms with Gasteiger partial charge in [0.1, 0.15) is 0 Å². The average molecular weight is 292 g/mol. The van der Waals surface area contributed by atoms with Crippen molar-refractivity contribution in [1.29, 1.82) is 0 Å². The van der Waals surface area contributed by atoms with Crippen LogP contribution >= 0.6 is 0 Å². The van der Waals surface area contributed by atoms with Crippen LogP contribution in [-0.4, -0.2) is 40.6 Å². The smallest absolute Gasteiger partial charge is 0.293 e. The summed E-state index contributed by atoms with van der Waals surface area (Å²) in [7, 11) is 0. The van der Waals surface area contributed by atoms with Crippen molar-refractivity contribution in [3.8, 4) is 0 Å². The molecule has 1 N–H and O–H groups in total. The Balaban J connectivity index is 1.90. The van der Waals surface area contributed by atoms with Crippen LogP contribution in [0.4, 0.5) is 5.82 Å². The molecule has 0 bridgehead atoms. The van der Waals surface area contributed by atoms with Crippen molar-refractivity contribution < 1.29 is 0 Å². The second kappa shape index (κ2) is 7.59. The lowest BCUT2D eigenvalue weighted by Gasteiger charge is -2.31. The maximum Gasteiger partial charge on any atom is 0.293 e. The Hall–Kier alpha value is -1.36. The van der Waals surface area contributed by atoms with Crippen LogP contribution in [0, 0.1) is 11.8 Å². The predicted molar refractivity (Wildman–Crippen MR) is 86.7 cm³/mol. The summed E-state index contributed by atoms with van der Waals surface area (Å²) >= 11 is 0. The van der Waals surface area contributed by atoms with E-state index in [1.165, 1.54) is 25.9 Å². The van der Waals surface area contributed by atoms with E-state index < -0.39 is 0 Å². The second-order valence-corrected chi connectivity index (χ2v) is 6.39. The van der Waals surface area contributed by atoms with Crippen molar-refractivity contribution in [2.45, 2.75) is 40.2 Å². The molecular weight excluding hydrogens is 264 g/mol. The molecule has 1 fully saturated rings. The number of anilines is 1. The molecule has 0 aromatic carbocycles. The Kier molecular flexibility index (Phi) is 5.79. The maximum atomic E-state index is 12.3. The number of nitrogens with zero attached hydrogens (tertiary/aromatic N) is 3. The SMILES string of the molecule is CCN1CCC(CNc2nccn(CC(C)C)c2=O)CC1. The second-order valence-electron chi connectivity index (χ2n) is 6.39. The highest BCUT2D eigenvalue weighted by atomic mass is 16.1. The summed E-state index contributed by atoms with van der Waals surface area (Å²) in [5, 5.41) is 3.27. The third kappa shape index (κ3) is 4.56. The number of piperidine rings is 1. The fraction of sp³-hybridized carbons (Fsp3) is 0.750. The molecule has 0 radical (unpaired) electrons. The molecule has 0 saturated carbocycles. The average Bonchev–Trinajstić information content (AvgIpc) is 2.48. The first-order chi connectivity index (χ1) is 10.1. The van der Waals surface area contributed by atoms with Gasteiger partial charge in [-0.2, -0.15) is 0 Å². The molecule has 1 aromatic rings. The summed E-state index contributed by atoms with van der Waals surface area (Å²) in [5.41, 5.74) is -0.00260. The minimum Gasteiger partial charge on any atom is -0.365 e. The minimum absolute atomic E-state index is 0.00260. The monoisotopic (exact) mass is 292 g/mol. The summed E-state index contributed by atoms with van der Waals surface area (Å²) in [6.45, 7) is 11.5. The van der Waals surface area contributed by atoms with Crippen LogP contribution in [0.25, 0.3) is 0 Å². The number of hydrogen-bond donors (Lipinski definition) is 1. The van der Waals surface area contributed by atoms with Crippen LogP contribution in [0.15, 0.2) is 17.2 Å². The molecule has 1 aliphatic rings. The molecule has 1 aliphatic heterocycles. The van der Waals surface area contributed by atoms with Crippen molar-refractivity contribution in [1.82, 2.24) is 14.5 Å². The van der Waals surface area contributed by atoms with E-state index in [0.29, 0.717) is 17.7 Å². The van der Waals surface area contributed by atoms with E-state index in [4.69, 9.17) is 0 Å². The third-order valence-corrected chi connectivity index (χ3v) is 4.19. The summed E-state index contributed by atoms with van der Waals surface area (Å²) in [6.07, 6.45) is 5.89. The lowest BCUT2D eigenvalue weighted by atomic mass is 9.97. The van der Waals surface area contributed by atoms with E-state index >= 15 is 0 Å². The van der Waals surface area contributed by atoms with Gasteiger partial charge in [-0.05, 0) is 44.3 Å². The van der Waals surface area contributed by atoms with Gasteiger partial charge in [0.2, 0.25) is 0 Å². The van der Waals surface area contributed by atoms with Gasteiger partial charge < -0.3 is 14.8 Å². The van der Waals surface area contributed by atoms with E-state index in [-0.39, 0.29) is 5.56 Å². The molecule has 2 rings (SSSR count). The van der Waals surface area contributed by atoms with Gasteiger partial charge in [0.25, 0.3) is 5.56 Å². The topological polar surface area (TPSA) is 50.2 Å². The van der Waals surface area contributed by atoms with Gasteiger partial charge in [0, 0.05) is 25.5 Å². The normalized spacial score (nSPS) is 17.3. The Labute approximate surface area is 127 Å². The number of likely N-dealkylation sites (tertiary alicyclic amines) is 1. The van der Waals surface area contributed by atoms with E-state index in [9.17, 15) is 4.79 Å². The largest absolute Gasteiger partial charge is 0.365 e. The molecule has 0 unspecified atom stereocenters. The number of nitrogens with one attached hydrogen (secondary N) is 1. The van der Waals surface area contributed by atoms with Crippen LogP contribution in [0.5, 0.6) is 0 Å². The molecule has 21 heavy (non-hydrogen) atoms. The van der Waals surface area contributed by atoms with Crippen molar-refractivity contribution >= 4 is 5.82 Å². The Bertz CT molecular complexity index is 489. The van der Waals surface area contributed by atoms with Gasteiger partial charge in [-0.1, -0.05) is 20.8 Å². The lowest BCUT2D eigenvalue weighted by Crippen LogP contribution is -2.36. The first-order valence-corrected chi connectivity index (χ1v) is 8.11. The van der Waals surface area contributed by atoms with Crippen molar-refractivity contribution in [2.24, 2.45) is 11.8 Å². The van der Waals surface area contributed by atoms with Gasteiger partial charge in [0.05, 0.1) is 0 Å². The van der Waals surface area contributed by atoms with E-state index in [1.807, 2.05) is 0 Å². The van der Waals surface area contributed by atoms with Crippen molar-refractivity contribution in [3.63, 3.8) is 0 Å². The molecule has 1 saturated heterocycles. The zero-order valence-corrected chi connectivity index (χ0v) is 13.5.